The molecule has 0 aliphatic heterocycles. The summed E-state index contributed by atoms with van der Waals surface area (Å²) in [7, 11) is -15.8. The second-order valence-corrected chi connectivity index (χ2v) is 18.6. The van der Waals surface area contributed by atoms with Gasteiger partial charge in [0, 0.05) is 38.6 Å². The van der Waals surface area contributed by atoms with Crippen molar-refractivity contribution in [3.63, 3.8) is 0 Å². The summed E-state index contributed by atoms with van der Waals surface area (Å²) in [5.41, 5.74) is -0.554. The molecule has 9 aromatic rings. The summed E-state index contributed by atoms with van der Waals surface area (Å²) in [6, 6.07) is 26.2. The van der Waals surface area contributed by atoms with Crippen molar-refractivity contribution in [1.82, 2.24) is 30.0 Å². The Balaban J connectivity index is 0.00000228. The number of nitrogens with zero attached hydrogens (tertiary/aromatic N) is 6. The number of carbonyl (C=O) groups excluding carboxylic acids is 2. The topological polar surface area (TPSA) is 327 Å². The maximum Gasteiger partial charge on any atom is 1.00 e. The van der Waals surface area contributed by atoms with Crippen molar-refractivity contribution in [2.75, 3.05) is 0 Å². The Hall–Kier alpha value is -3.24. The van der Waals surface area contributed by atoms with Gasteiger partial charge in [-0.05, 0) is 60.7 Å². The van der Waals surface area contributed by atoms with Crippen LogP contribution in [0.15, 0.2) is 141 Å². The maximum absolute atomic E-state index is 13.7. The molecule has 2 heterocycles. The number of fused-ring (bicyclic) bond motifs is 6. The third kappa shape index (κ3) is 11.9. The minimum Gasteiger partial charge on any atom is -0.744 e. The number of esters is 2. The van der Waals surface area contributed by atoms with Gasteiger partial charge in [0.05, 0.1) is 37.9 Å². The van der Waals surface area contributed by atoms with E-state index in [0.29, 0.717) is 18.1 Å². The molecular weight excluding hydrogens is 1040 g/mol. The molecule has 334 valence electrons. The first-order chi connectivity index (χ1) is 31.4. The van der Waals surface area contributed by atoms with Gasteiger partial charge in [0.1, 0.15) is 63.8 Å². The van der Waals surface area contributed by atoms with Crippen LogP contribution in [0.5, 0.6) is 11.5 Å². The van der Waals surface area contributed by atoms with E-state index in [-0.39, 0.29) is 201 Å². The van der Waals surface area contributed by atoms with Crippen LogP contribution >= 0.6 is 12.0 Å². The Morgan fingerprint density at radius 3 is 1.36 bits per heavy atom. The number of ether oxygens (including phenoxy) is 2. The molecule has 2 aromatic heterocycles. The van der Waals surface area contributed by atoms with Crippen molar-refractivity contribution in [3.8, 4) is 22.9 Å². The molecule has 0 saturated carbocycles. The van der Waals surface area contributed by atoms with Gasteiger partial charge >= 0.3 is 130 Å². The van der Waals surface area contributed by atoms with E-state index >= 15 is 0 Å². The van der Waals surface area contributed by atoms with Gasteiger partial charge in [-0.3, -0.25) is 5.04 Å². The molecule has 0 bridgehead atoms. The van der Waals surface area contributed by atoms with Crippen molar-refractivity contribution in [3.05, 3.63) is 132 Å². The van der Waals surface area contributed by atoms with Gasteiger partial charge in [-0.1, -0.05) is 48.5 Å². The number of aromatic nitrogens is 6. The normalized spacial score (nSPS) is 11.6. The second kappa shape index (κ2) is 22.9. The Morgan fingerprint density at radius 2 is 0.929 bits per heavy atom. The standard InChI is InChI=1S/C40H24N6O16S4.4Na/c47-39(21-7-3-1-4-8-21)59-33-20-32(46-42-30-14-12-26-28(38(30)44-46)16-24(65(53,54)55)18-36(26)66(56,57)58)34(60-40(48)22-9-5-2-6-10-22)19-31(33)45-41-29-13-11-25-27(37(29)43-45)15-23(64(50,51)52)17-35(25)63-62-61-49;;;;/h1-20,49H,(H,50,51,52)(H,53,54,55)(H,56,57,58);;;;/q;4*+1/p-4. The number of benzene rings is 7. The Bertz CT molecular complexity index is 3850. The third-order valence-corrected chi connectivity index (χ3v) is 12.9. The third-order valence-electron chi connectivity index (χ3n) is 9.73. The zero-order chi connectivity index (χ0) is 46.7. The minimum absolute atomic E-state index is 0. The van der Waals surface area contributed by atoms with Crippen molar-refractivity contribution in [2.24, 2.45) is 0 Å². The molecule has 22 nitrogen and oxygen atoms in total. The fraction of sp³-hybridized carbons (Fsp3) is 0. The van der Waals surface area contributed by atoms with Crippen molar-refractivity contribution < 1.29 is 191 Å². The molecule has 70 heavy (non-hydrogen) atoms. The van der Waals surface area contributed by atoms with Crippen LogP contribution in [-0.4, -0.2) is 80.8 Å². The zero-order valence-corrected chi connectivity index (χ0v) is 47.7. The maximum atomic E-state index is 13.7. The molecule has 0 radical (unpaired) electrons. The van der Waals surface area contributed by atoms with Gasteiger partial charge in [0.15, 0.2) is 11.5 Å². The van der Waals surface area contributed by atoms with Crippen LogP contribution in [0.4, 0.5) is 0 Å². The van der Waals surface area contributed by atoms with Crippen LogP contribution < -0.4 is 133 Å². The van der Waals surface area contributed by atoms with E-state index in [1.807, 2.05) is 0 Å². The van der Waals surface area contributed by atoms with Gasteiger partial charge in [-0.2, -0.15) is 4.33 Å². The first-order valence-electron chi connectivity index (χ1n) is 18.3. The Labute approximate surface area is 487 Å². The molecule has 9 rings (SSSR count). The van der Waals surface area contributed by atoms with Crippen LogP contribution in [0.2, 0.25) is 0 Å². The van der Waals surface area contributed by atoms with Gasteiger partial charge in [-0.15, -0.1) is 30.0 Å². The number of hydrogen-bond acceptors (Lipinski definition) is 21. The summed E-state index contributed by atoms with van der Waals surface area (Å²) in [6.45, 7) is 0. The summed E-state index contributed by atoms with van der Waals surface area (Å²) in [5, 5.41) is 31.7. The molecule has 0 saturated heterocycles. The van der Waals surface area contributed by atoms with Crippen LogP contribution in [0, 0.1) is 0 Å². The van der Waals surface area contributed by atoms with Gasteiger partial charge in [0.2, 0.25) is 0 Å². The van der Waals surface area contributed by atoms with Crippen LogP contribution in [-0.2, 0) is 39.7 Å². The summed E-state index contributed by atoms with van der Waals surface area (Å²) >= 11 is 0.315. The van der Waals surface area contributed by atoms with E-state index in [2.05, 4.69) is 29.8 Å². The van der Waals surface area contributed by atoms with Gasteiger partial charge < -0.3 is 28.4 Å². The predicted octanol–water partition coefficient (Wildman–Crippen LogP) is -8.14. The monoisotopic (exact) mass is 1060 g/mol. The Morgan fingerprint density at radius 1 is 0.500 bits per heavy atom. The second-order valence-electron chi connectivity index (χ2n) is 13.8. The molecule has 0 aliphatic rings. The average molecular weight is 1060 g/mol. The first kappa shape index (κ1) is 57.7. The molecule has 0 atom stereocenters. The number of hydrogen-bond donors (Lipinski definition) is 0. The molecule has 0 N–H and O–H groups in total. The summed E-state index contributed by atoms with van der Waals surface area (Å²) in [6.07, 6.45) is 0. The predicted molar refractivity (Wildman–Crippen MR) is 221 cm³/mol. The van der Waals surface area contributed by atoms with E-state index in [1.165, 1.54) is 42.5 Å². The summed E-state index contributed by atoms with van der Waals surface area (Å²) in [5.74, 6) is -2.57. The fourth-order valence-corrected chi connectivity index (χ4v) is 9.28. The molecule has 0 amide bonds. The quantitative estimate of drug-likeness (QED) is 0.0209. The first-order valence-corrected chi connectivity index (χ1v) is 23.3. The number of rotatable bonds is 12. The van der Waals surface area contributed by atoms with E-state index in [4.69, 9.17) is 9.47 Å². The SMILES string of the molecule is O=C(Oc1cc(-n2nc3ccc4c(S(=O)(=O)[O-])cc(S(=O)(=O)[O-])cc4c3n2)c(OC(=O)c2ccccc2)cc1-n1nc2ccc3c(SOO[O-])cc(S(=O)(=O)[O-])cc3c2n1)c1ccccc1.[Na+].[Na+].[Na+].[Na+]. The van der Waals surface area contributed by atoms with E-state index in [1.54, 1.807) is 36.4 Å². The summed E-state index contributed by atoms with van der Waals surface area (Å²) in [4.78, 5) is 26.4. The molecule has 0 unspecified atom stereocenters. The van der Waals surface area contributed by atoms with E-state index in [0.717, 1.165) is 46.0 Å². The molecule has 7 aromatic carbocycles. The largest absolute Gasteiger partial charge is 1.00 e. The molecule has 30 heteroatoms. The molecule has 0 spiro atoms. The minimum atomic E-state index is -5.37. The van der Waals surface area contributed by atoms with E-state index in [9.17, 15) is 53.8 Å². The number of carbonyl (C=O) groups is 2. The van der Waals surface area contributed by atoms with Crippen molar-refractivity contribution in [1.29, 1.82) is 0 Å². The van der Waals surface area contributed by atoms with Gasteiger partial charge in [-0.25, -0.2) is 34.8 Å². The molecule has 0 aliphatic carbocycles. The smallest absolute Gasteiger partial charge is 0.744 e. The van der Waals surface area contributed by atoms with Crippen LogP contribution in [0.1, 0.15) is 20.7 Å². The van der Waals surface area contributed by atoms with Crippen LogP contribution in [0.25, 0.3) is 55.0 Å². The van der Waals surface area contributed by atoms with Crippen LogP contribution in [0.3, 0.4) is 0 Å². The van der Waals surface area contributed by atoms with Crippen molar-refractivity contribution in [2.45, 2.75) is 19.6 Å². The zero-order valence-electron chi connectivity index (χ0n) is 36.4. The summed E-state index contributed by atoms with van der Waals surface area (Å²) < 4.78 is 126. The van der Waals surface area contributed by atoms with E-state index < -0.39 is 57.0 Å². The van der Waals surface area contributed by atoms with Gasteiger partial charge in [0.25, 0.3) is 0 Å². The Kier molecular flexibility index (Phi) is 18.9. The van der Waals surface area contributed by atoms with Crippen molar-refractivity contribution >= 4 is 97.9 Å². The molecular formula is C40H20N6Na4O16S4. The average Bonchev–Trinajstić information content (AvgIpc) is 3.93. The fourth-order valence-electron chi connectivity index (χ4n) is 6.82. The molecule has 0 fully saturated rings.